The first-order valence-corrected chi connectivity index (χ1v) is 13.7. The molecule has 3 aromatic carbocycles. The van der Waals surface area contributed by atoms with Crippen LogP contribution in [0.1, 0.15) is 29.3 Å². The maximum absolute atomic E-state index is 13.6. The first-order chi connectivity index (χ1) is 19.3. The van der Waals surface area contributed by atoms with Crippen LogP contribution in [0.3, 0.4) is 0 Å². The molecule has 1 fully saturated rings. The van der Waals surface area contributed by atoms with Crippen LogP contribution < -0.4 is 14.8 Å². The van der Waals surface area contributed by atoms with Gasteiger partial charge in [0, 0.05) is 31.2 Å². The van der Waals surface area contributed by atoms with Crippen LogP contribution in [-0.2, 0) is 30.8 Å². The Bertz CT molecular complexity index is 1640. The molecule has 3 amide bonds. The minimum Gasteiger partial charge on any atom is -0.427 e. The second kappa shape index (κ2) is 11.7. The molecular formula is C27H24N4O9S. The summed E-state index contributed by atoms with van der Waals surface area (Å²) >= 11 is 0. The highest BCUT2D eigenvalue weighted by Crippen LogP contribution is 2.29. The van der Waals surface area contributed by atoms with E-state index in [0.29, 0.717) is 5.56 Å². The predicted molar refractivity (Wildman–Crippen MR) is 144 cm³/mol. The van der Waals surface area contributed by atoms with Gasteiger partial charge < -0.3 is 9.64 Å². The van der Waals surface area contributed by atoms with E-state index in [4.69, 9.17) is 9.88 Å². The number of nitro groups is 1. The highest BCUT2D eigenvalue weighted by Gasteiger charge is 2.44. The summed E-state index contributed by atoms with van der Waals surface area (Å²) in [5.41, 5.74) is 0.453. The standard InChI is InChI=1S/C27H24N4O9S/c1-17(32)40-22-9-7-20(8-10-22)30-25(33)16-24(27(30)35)29(26(34)19-3-2-4-21(15-19)31(36)37)14-13-18-5-11-23(12-6-18)41(28,38)39/h2-12,15,24H,13-14,16H2,1H3,(H2,28,38,39). The molecule has 4 rings (SSSR count). The van der Waals surface area contributed by atoms with Crippen molar-refractivity contribution in [2.75, 3.05) is 11.4 Å². The van der Waals surface area contributed by atoms with Gasteiger partial charge in [-0.25, -0.2) is 18.5 Å². The number of anilines is 1. The number of amides is 3. The summed E-state index contributed by atoms with van der Waals surface area (Å²) in [6.45, 7) is 1.16. The molecule has 1 unspecified atom stereocenters. The average Bonchev–Trinajstić information content (AvgIpc) is 3.22. The number of nitrogens with zero attached hydrogens (tertiary/aromatic N) is 3. The molecule has 0 spiro atoms. The zero-order valence-electron chi connectivity index (χ0n) is 21.6. The van der Waals surface area contributed by atoms with Crippen LogP contribution in [-0.4, -0.2) is 54.5 Å². The van der Waals surface area contributed by atoms with Gasteiger partial charge in [-0.2, -0.15) is 0 Å². The number of rotatable bonds is 9. The second-order valence-corrected chi connectivity index (χ2v) is 10.7. The third-order valence-corrected chi connectivity index (χ3v) is 7.24. The third-order valence-electron chi connectivity index (χ3n) is 6.31. The van der Waals surface area contributed by atoms with Crippen LogP contribution in [0.2, 0.25) is 0 Å². The smallest absolute Gasteiger partial charge is 0.308 e. The van der Waals surface area contributed by atoms with E-state index < -0.39 is 44.7 Å². The number of sulfonamides is 1. The molecule has 0 saturated carbocycles. The van der Waals surface area contributed by atoms with Crippen molar-refractivity contribution < 1.29 is 37.3 Å². The molecular weight excluding hydrogens is 556 g/mol. The van der Waals surface area contributed by atoms with Gasteiger partial charge in [0.1, 0.15) is 11.8 Å². The van der Waals surface area contributed by atoms with E-state index in [0.717, 1.165) is 11.0 Å². The van der Waals surface area contributed by atoms with Gasteiger partial charge in [0.15, 0.2) is 0 Å². The minimum absolute atomic E-state index is 0.0480. The fourth-order valence-corrected chi connectivity index (χ4v) is 4.89. The molecule has 2 N–H and O–H groups in total. The number of hydrogen-bond donors (Lipinski definition) is 1. The van der Waals surface area contributed by atoms with E-state index in [1.54, 1.807) is 0 Å². The van der Waals surface area contributed by atoms with Crippen LogP contribution in [0.4, 0.5) is 11.4 Å². The van der Waals surface area contributed by atoms with E-state index in [9.17, 15) is 37.7 Å². The molecule has 1 saturated heterocycles. The Kier molecular flexibility index (Phi) is 8.26. The quantitative estimate of drug-likeness (QED) is 0.130. The molecule has 1 heterocycles. The number of ether oxygens (including phenoxy) is 1. The largest absolute Gasteiger partial charge is 0.427 e. The molecule has 13 nitrogen and oxygen atoms in total. The van der Waals surface area contributed by atoms with Crippen molar-refractivity contribution in [2.24, 2.45) is 5.14 Å². The lowest BCUT2D eigenvalue weighted by Crippen LogP contribution is -2.46. The van der Waals surface area contributed by atoms with Crippen LogP contribution in [0, 0.1) is 10.1 Å². The maximum Gasteiger partial charge on any atom is 0.308 e. The molecule has 1 atom stereocenters. The van der Waals surface area contributed by atoms with Gasteiger partial charge >= 0.3 is 5.97 Å². The van der Waals surface area contributed by atoms with Crippen LogP contribution in [0.25, 0.3) is 0 Å². The Morgan fingerprint density at radius 3 is 2.32 bits per heavy atom. The zero-order valence-corrected chi connectivity index (χ0v) is 22.4. The molecule has 0 aromatic heterocycles. The van der Waals surface area contributed by atoms with Crippen LogP contribution >= 0.6 is 0 Å². The summed E-state index contributed by atoms with van der Waals surface area (Å²) < 4.78 is 28.1. The predicted octanol–water partition coefficient (Wildman–Crippen LogP) is 2.18. The summed E-state index contributed by atoms with van der Waals surface area (Å²) in [5, 5.41) is 16.4. The topological polar surface area (TPSA) is 187 Å². The number of hydrogen-bond acceptors (Lipinski definition) is 9. The SMILES string of the molecule is CC(=O)Oc1ccc(N2C(=O)CC(N(CCc3ccc(S(N)(=O)=O)cc3)C(=O)c3cccc([N+](=O)[O-])c3)C2=O)cc1. The van der Waals surface area contributed by atoms with E-state index in [2.05, 4.69) is 0 Å². The fourth-order valence-electron chi connectivity index (χ4n) is 4.37. The van der Waals surface area contributed by atoms with E-state index in [1.165, 1.54) is 78.6 Å². The van der Waals surface area contributed by atoms with Crippen molar-refractivity contribution >= 4 is 45.1 Å². The monoisotopic (exact) mass is 580 g/mol. The Balaban J connectivity index is 1.63. The van der Waals surface area contributed by atoms with Crippen molar-refractivity contribution in [3.05, 3.63) is 94.0 Å². The summed E-state index contributed by atoms with van der Waals surface area (Å²) in [5.74, 6) is -2.28. The molecule has 0 aliphatic carbocycles. The summed E-state index contributed by atoms with van der Waals surface area (Å²) in [7, 11) is -3.91. The van der Waals surface area contributed by atoms with E-state index >= 15 is 0 Å². The third kappa shape index (κ3) is 6.62. The summed E-state index contributed by atoms with van der Waals surface area (Å²) in [6, 6.07) is 15.1. The lowest BCUT2D eigenvalue weighted by atomic mass is 10.1. The first-order valence-electron chi connectivity index (χ1n) is 12.2. The Morgan fingerprint density at radius 1 is 1.07 bits per heavy atom. The summed E-state index contributed by atoms with van der Waals surface area (Å²) in [4.78, 5) is 64.0. The van der Waals surface area contributed by atoms with Gasteiger partial charge in [-0.3, -0.25) is 29.3 Å². The van der Waals surface area contributed by atoms with Crippen molar-refractivity contribution in [1.82, 2.24) is 4.90 Å². The molecule has 1 aliphatic heterocycles. The molecule has 0 bridgehead atoms. The van der Waals surface area contributed by atoms with Gasteiger partial charge in [-0.05, 0) is 54.4 Å². The van der Waals surface area contributed by atoms with Gasteiger partial charge in [-0.1, -0.05) is 18.2 Å². The highest BCUT2D eigenvalue weighted by molar-refractivity contribution is 7.89. The summed E-state index contributed by atoms with van der Waals surface area (Å²) in [6.07, 6.45) is -0.170. The number of carbonyl (C=O) groups is 4. The number of nitro benzene ring substituents is 1. The van der Waals surface area contributed by atoms with Crippen LogP contribution in [0.15, 0.2) is 77.7 Å². The number of primary sulfonamides is 1. The Hall–Kier alpha value is -4.95. The van der Waals surface area contributed by atoms with Gasteiger partial charge in [0.25, 0.3) is 17.5 Å². The minimum atomic E-state index is -3.91. The lowest BCUT2D eigenvalue weighted by Gasteiger charge is -2.28. The Morgan fingerprint density at radius 2 is 1.73 bits per heavy atom. The fraction of sp³-hybridized carbons (Fsp3) is 0.185. The lowest BCUT2D eigenvalue weighted by molar-refractivity contribution is -0.384. The average molecular weight is 581 g/mol. The van der Waals surface area contributed by atoms with Gasteiger partial charge in [0.05, 0.1) is 21.9 Å². The molecule has 212 valence electrons. The van der Waals surface area contributed by atoms with E-state index in [-0.39, 0.29) is 47.0 Å². The van der Waals surface area contributed by atoms with Crippen molar-refractivity contribution in [2.45, 2.75) is 30.7 Å². The van der Waals surface area contributed by atoms with Crippen LogP contribution in [0.5, 0.6) is 5.75 Å². The molecule has 3 aromatic rings. The first kappa shape index (κ1) is 29.0. The maximum atomic E-state index is 13.6. The molecule has 41 heavy (non-hydrogen) atoms. The number of imide groups is 1. The van der Waals surface area contributed by atoms with Crippen molar-refractivity contribution in [3.63, 3.8) is 0 Å². The molecule has 0 radical (unpaired) electrons. The Labute approximate surface area is 234 Å². The normalized spacial score (nSPS) is 15.1. The molecule has 14 heteroatoms. The second-order valence-electron chi connectivity index (χ2n) is 9.12. The van der Waals surface area contributed by atoms with Crippen molar-refractivity contribution in [3.8, 4) is 5.75 Å². The van der Waals surface area contributed by atoms with Gasteiger partial charge in [0.2, 0.25) is 15.9 Å². The number of nitrogens with two attached hydrogens (primary N) is 1. The number of benzene rings is 3. The zero-order chi connectivity index (χ0) is 29.9. The van der Waals surface area contributed by atoms with Gasteiger partial charge in [-0.15, -0.1) is 0 Å². The van der Waals surface area contributed by atoms with Crippen molar-refractivity contribution in [1.29, 1.82) is 0 Å². The number of carbonyl (C=O) groups excluding carboxylic acids is 4. The number of esters is 1. The van der Waals surface area contributed by atoms with E-state index in [1.807, 2.05) is 0 Å². The molecule has 1 aliphatic rings. The number of non-ortho nitro benzene ring substituents is 1. The highest BCUT2D eigenvalue weighted by atomic mass is 32.2.